The Morgan fingerprint density at radius 2 is 2.26 bits per heavy atom. The van der Waals surface area contributed by atoms with Crippen LogP contribution in [0.3, 0.4) is 0 Å². The summed E-state index contributed by atoms with van der Waals surface area (Å²) in [6.45, 7) is 4.79. The number of allylic oxidation sites excluding steroid dienone is 1. The van der Waals surface area contributed by atoms with Crippen molar-refractivity contribution in [2.75, 3.05) is 19.7 Å². The molecule has 1 aliphatic rings. The van der Waals surface area contributed by atoms with E-state index in [0.29, 0.717) is 19.5 Å². The van der Waals surface area contributed by atoms with Crippen molar-refractivity contribution in [2.24, 2.45) is 12.5 Å². The largest absolute Gasteiger partial charge is 0.396 e. The third kappa shape index (κ3) is 3.61. The highest BCUT2D eigenvalue weighted by Crippen LogP contribution is 2.33. The molecular weight excluding hydrogens is 298 g/mol. The van der Waals surface area contributed by atoms with Crippen LogP contribution in [0.4, 0.5) is 0 Å². The predicted octanol–water partition coefficient (Wildman–Crippen LogP) is -0.207. The number of aliphatic hydroxyl groups is 1. The van der Waals surface area contributed by atoms with E-state index >= 15 is 0 Å². The summed E-state index contributed by atoms with van der Waals surface area (Å²) in [6.07, 6.45) is 5.31. The van der Waals surface area contributed by atoms with Crippen LogP contribution in [-0.4, -0.2) is 45.2 Å². The Morgan fingerprint density at radius 3 is 2.91 bits per heavy atom. The first-order valence-electron chi connectivity index (χ1n) is 7.69. The molecule has 1 aromatic heterocycles. The third-order valence-electron chi connectivity index (χ3n) is 4.52. The SMILES string of the molecule is C=CC[C@]1(CO)CCCN(C(=O)Cc2c[nH]c(=O)n(C)c2=O)C1. The van der Waals surface area contributed by atoms with Crippen molar-refractivity contribution in [1.82, 2.24) is 14.5 Å². The monoisotopic (exact) mass is 321 g/mol. The Morgan fingerprint density at radius 1 is 1.52 bits per heavy atom. The molecule has 2 heterocycles. The first-order chi connectivity index (χ1) is 10.9. The van der Waals surface area contributed by atoms with Crippen LogP contribution < -0.4 is 11.2 Å². The molecule has 1 aromatic rings. The molecule has 0 unspecified atom stereocenters. The van der Waals surface area contributed by atoms with Crippen molar-refractivity contribution < 1.29 is 9.90 Å². The molecule has 1 saturated heterocycles. The van der Waals surface area contributed by atoms with Crippen LogP contribution in [0.15, 0.2) is 28.4 Å². The van der Waals surface area contributed by atoms with Gasteiger partial charge in [-0.1, -0.05) is 6.08 Å². The summed E-state index contributed by atoms with van der Waals surface area (Å²) >= 11 is 0. The van der Waals surface area contributed by atoms with Gasteiger partial charge in [-0.15, -0.1) is 6.58 Å². The van der Waals surface area contributed by atoms with Crippen molar-refractivity contribution in [3.63, 3.8) is 0 Å². The van der Waals surface area contributed by atoms with Gasteiger partial charge in [-0.3, -0.25) is 14.2 Å². The van der Waals surface area contributed by atoms with Gasteiger partial charge in [-0.2, -0.15) is 0 Å². The Balaban J connectivity index is 2.15. The zero-order valence-electron chi connectivity index (χ0n) is 13.4. The summed E-state index contributed by atoms with van der Waals surface area (Å²) in [7, 11) is 1.37. The number of carbonyl (C=O) groups is 1. The molecule has 1 amide bonds. The number of aliphatic hydroxyl groups excluding tert-OH is 1. The van der Waals surface area contributed by atoms with Crippen molar-refractivity contribution in [2.45, 2.75) is 25.7 Å². The molecule has 0 radical (unpaired) electrons. The van der Waals surface area contributed by atoms with Crippen molar-refractivity contribution in [3.05, 3.63) is 45.3 Å². The molecule has 0 spiro atoms. The molecule has 23 heavy (non-hydrogen) atoms. The minimum atomic E-state index is -0.505. The number of piperidine rings is 1. The lowest BCUT2D eigenvalue weighted by Crippen LogP contribution is -2.48. The second-order valence-electron chi connectivity index (χ2n) is 6.23. The van der Waals surface area contributed by atoms with E-state index in [0.717, 1.165) is 17.4 Å². The summed E-state index contributed by atoms with van der Waals surface area (Å²) in [5.41, 5.74) is -1.04. The molecule has 7 nitrogen and oxygen atoms in total. The van der Waals surface area contributed by atoms with Crippen molar-refractivity contribution in [3.8, 4) is 0 Å². The minimum absolute atomic E-state index is 0.00320. The standard InChI is InChI=1S/C16H23N3O4/c1-3-5-16(11-20)6-4-7-19(10-16)13(21)8-12-9-17-15(23)18(2)14(12)22/h3,9,20H,1,4-8,10-11H2,2H3,(H,17,23)/t16-/m0/s1. The molecule has 1 fully saturated rings. The maximum atomic E-state index is 12.5. The van der Waals surface area contributed by atoms with Crippen LogP contribution in [0, 0.1) is 5.41 Å². The molecule has 0 bridgehead atoms. The number of H-pyrrole nitrogens is 1. The zero-order chi connectivity index (χ0) is 17.0. The van der Waals surface area contributed by atoms with E-state index in [9.17, 15) is 19.5 Å². The fraction of sp³-hybridized carbons (Fsp3) is 0.562. The Labute approximate surface area is 134 Å². The van der Waals surface area contributed by atoms with Gasteiger partial charge >= 0.3 is 5.69 Å². The highest BCUT2D eigenvalue weighted by molar-refractivity contribution is 5.78. The summed E-state index contributed by atoms with van der Waals surface area (Å²) in [5, 5.41) is 9.69. The van der Waals surface area contributed by atoms with Gasteiger partial charge in [0.25, 0.3) is 5.56 Å². The summed E-state index contributed by atoms with van der Waals surface area (Å²) in [5.74, 6) is -0.171. The number of aromatic amines is 1. The molecule has 2 rings (SSSR count). The van der Waals surface area contributed by atoms with Crippen LogP contribution in [-0.2, 0) is 18.3 Å². The Kier molecular flexibility index (Phi) is 5.20. The fourth-order valence-electron chi connectivity index (χ4n) is 3.10. The highest BCUT2D eigenvalue weighted by atomic mass is 16.3. The van der Waals surface area contributed by atoms with E-state index in [4.69, 9.17) is 0 Å². The fourth-order valence-corrected chi connectivity index (χ4v) is 3.10. The van der Waals surface area contributed by atoms with E-state index in [1.165, 1.54) is 13.2 Å². The van der Waals surface area contributed by atoms with Crippen LogP contribution in [0.2, 0.25) is 0 Å². The van der Waals surface area contributed by atoms with Crippen LogP contribution >= 0.6 is 0 Å². The molecule has 7 heteroatoms. The second kappa shape index (κ2) is 6.95. The Bertz CT molecular complexity index is 706. The van der Waals surface area contributed by atoms with Crippen LogP contribution in [0.25, 0.3) is 0 Å². The summed E-state index contributed by atoms with van der Waals surface area (Å²) in [6, 6.07) is 0. The smallest absolute Gasteiger partial charge is 0.328 e. The molecule has 126 valence electrons. The van der Waals surface area contributed by atoms with E-state index in [1.54, 1.807) is 11.0 Å². The number of likely N-dealkylation sites (tertiary alicyclic amines) is 1. The van der Waals surface area contributed by atoms with Gasteiger partial charge in [0.1, 0.15) is 0 Å². The van der Waals surface area contributed by atoms with Crippen LogP contribution in [0.1, 0.15) is 24.8 Å². The third-order valence-corrected chi connectivity index (χ3v) is 4.52. The van der Waals surface area contributed by atoms with Gasteiger partial charge in [0.15, 0.2) is 0 Å². The number of aromatic nitrogens is 2. The van der Waals surface area contributed by atoms with E-state index in [2.05, 4.69) is 11.6 Å². The van der Waals surface area contributed by atoms with Gasteiger partial charge in [0.2, 0.25) is 5.91 Å². The number of hydrogen-bond donors (Lipinski definition) is 2. The average Bonchev–Trinajstić information content (AvgIpc) is 2.56. The van der Waals surface area contributed by atoms with E-state index in [-0.39, 0.29) is 29.9 Å². The molecule has 2 N–H and O–H groups in total. The number of nitrogens with one attached hydrogen (secondary N) is 1. The number of nitrogens with zero attached hydrogens (tertiary/aromatic N) is 2. The van der Waals surface area contributed by atoms with Gasteiger partial charge in [0.05, 0.1) is 13.0 Å². The maximum Gasteiger partial charge on any atom is 0.328 e. The first-order valence-corrected chi connectivity index (χ1v) is 7.69. The van der Waals surface area contributed by atoms with Gasteiger partial charge in [-0.25, -0.2) is 4.79 Å². The lowest BCUT2D eigenvalue weighted by atomic mass is 9.77. The number of amides is 1. The van der Waals surface area contributed by atoms with E-state index in [1.807, 2.05) is 0 Å². The zero-order valence-corrected chi connectivity index (χ0v) is 13.4. The van der Waals surface area contributed by atoms with Crippen LogP contribution in [0.5, 0.6) is 0 Å². The lowest BCUT2D eigenvalue weighted by Gasteiger charge is -2.41. The maximum absolute atomic E-state index is 12.5. The quantitative estimate of drug-likeness (QED) is 0.734. The molecule has 0 aromatic carbocycles. The second-order valence-corrected chi connectivity index (χ2v) is 6.23. The number of carbonyl (C=O) groups excluding carboxylic acids is 1. The molecule has 0 saturated carbocycles. The predicted molar refractivity (Wildman–Crippen MR) is 86.2 cm³/mol. The molecule has 1 aliphatic heterocycles. The highest BCUT2D eigenvalue weighted by Gasteiger charge is 2.35. The molecular formula is C16H23N3O4. The summed E-state index contributed by atoms with van der Waals surface area (Å²) < 4.78 is 0.953. The normalized spacial score (nSPS) is 21.2. The minimum Gasteiger partial charge on any atom is -0.396 e. The molecule has 0 aliphatic carbocycles. The lowest BCUT2D eigenvalue weighted by molar-refractivity contribution is -0.134. The first kappa shape index (κ1) is 17.2. The van der Waals surface area contributed by atoms with Gasteiger partial charge in [0, 0.05) is 37.3 Å². The summed E-state index contributed by atoms with van der Waals surface area (Å²) in [4.78, 5) is 40.0. The topological polar surface area (TPSA) is 95.4 Å². The van der Waals surface area contributed by atoms with Crippen molar-refractivity contribution in [1.29, 1.82) is 0 Å². The molecule has 1 atom stereocenters. The number of hydrogen-bond acceptors (Lipinski definition) is 4. The van der Waals surface area contributed by atoms with Gasteiger partial charge in [-0.05, 0) is 19.3 Å². The average molecular weight is 321 g/mol. The van der Waals surface area contributed by atoms with E-state index < -0.39 is 11.2 Å². The Hall–Kier alpha value is -2.15. The van der Waals surface area contributed by atoms with Crippen molar-refractivity contribution >= 4 is 5.91 Å². The van der Waals surface area contributed by atoms with Gasteiger partial charge < -0.3 is 15.0 Å². The number of rotatable bonds is 5.